The summed E-state index contributed by atoms with van der Waals surface area (Å²) in [4.78, 5) is 10.7. The Kier molecular flexibility index (Phi) is 3.62. The number of esters is 1. The average molecular weight is 230 g/mol. The van der Waals surface area contributed by atoms with Gasteiger partial charge in [-0.3, -0.25) is 4.79 Å². The number of allylic oxidation sites excluding steroid dienone is 1. The normalized spacial score (nSPS) is 14.6. The summed E-state index contributed by atoms with van der Waals surface area (Å²) in [6.07, 6.45) is 6.10. The number of benzene rings is 1. The fraction of sp³-hybridized carbons (Fsp3) is 0.400. The van der Waals surface area contributed by atoms with Gasteiger partial charge in [-0.1, -0.05) is 18.2 Å². The molecule has 0 bridgehead atoms. The van der Waals surface area contributed by atoms with Crippen molar-refractivity contribution < 1.29 is 9.53 Å². The highest BCUT2D eigenvalue weighted by molar-refractivity contribution is 5.66. The van der Waals surface area contributed by atoms with Crippen molar-refractivity contribution in [2.75, 3.05) is 0 Å². The maximum Gasteiger partial charge on any atom is 0.307 e. The molecule has 0 fully saturated rings. The molecule has 0 unspecified atom stereocenters. The average Bonchev–Trinajstić information content (AvgIpc) is 2.73. The first-order chi connectivity index (χ1) is 8.15. The lowest BCUT2D eigenvalue weighted by Crippen LogP contribution is -1.94. The van der Waals surface area contributed by atoms with Gasteiger partial charge in [0.05, 0.1) is 6.26 Å². The molecule has 0 saturated heterocycles. The second-order valence-corrected chi connectivity index (χ2v) is 4.71. The molecule has 0 spiro atoms. The molecule has 0 amide bonds. The summed E-state index contributed by atoms with van der Waals surface area (Å²) in [5.41, 5.74) is 5.35. The minimum atomic E-state index is -0.265. The van der Waals surface area contributed by atoms with Gasteiger partial charge in [-0.05, 0) is 54.9 Å². The Morgan fingerprint density at radius 3 is 2.82 bits per heavy atom. The van der Waals surface area contributed by atoms with E-state index in [1.807, 2.05) is 6.92 Å². The van der Waals surface area contributed by atoms with E-state index in [9.17, 15) is 4.79 Å². The van der Waals surface area contributed by atoms with Crippen LogP contribution in [0.5, 0.6) is 0 Å². The molecular weight excluding hydrogens is 212 g/mol. The molecule has 0 aliphatic heterocycles. The number of hydrogen-bond acceptors (Lipinski definition) is 2. The van der Waals surface area contributed by atoms with Crippen molar-refractivity contribution >= 4 is 5.97 Å². The van der Waals surface area contributed by atoms with Crippen LogP contribution in [0.15, 0.2) is 30.0 Å². The van der Waals surface area contributed by atoms with Crippen LogP contribution in [-0.4, -0.2) is 5.97 Å². The Hall–Kier alpha value is -1.57. The van der Waals surface area contributed by atoms with Crippen LogP contribution < -0.4 is 0 Å². The Balaban J connectivity index is 2.04. The Labute approximate surface area is 102 Å². The van der Waals surface area contributed by atoms with E-state index in [1.54, 1.807) is 6.26 Å². The summed E-state index contributed by atoms with van der Waals surface area (Å²) in [7, 11) is 0. The van der Waals surface area contributed by atoms with Gasteiger partial charge >= 0.3 is 5.97 Å². The third kappa shape index (κ3) is 3.19. The van der Waals surface area contributed by atoms with Crippen LogP contribution in [0.4, 0.5) is 0 Å². The summed E-state index contributed by atoms with van der Waals surface area (Å²) in [6.45, 7) is 3.40. The number of aryl methyl sites for hydroxylation is 2. The summed E-state index contributed by atoms with van der Waals surface area (Å²) in [6, 6.07) is 6.69. The molecule has 90 valence electrons. The highest BCUT2D eigenvalue weighted by Crippen LogP contribution is 2.23. The quantitative estimate of drug-likeness (QED) is 0.589. The largest absolute Gasteiger partial charge is 0.435 e. The maximum atomic E-state index is 10.7. The van der Waals surface area contributed by atoms with Gasteiger partial charge in [-0.25, -0.2) is 0 Å². The molecule has 0 radical (unpaired) electrons. The topological polar surface area (TPSA) is 26.3 Å². The third-order valence-electron chi connectivity index (χ3n) is 3.07. The van der Waals surface area contributed by atoms with Gasteiger partial charge in [0.1, 0.15) is 0 Å². The third-order valence-corrected chi connectivity index (χ3v) is 3.07. The molecule has 2 rings (SSSR count). The van der Waals surface area contributed by atoms with Crippen molar-refractivity contribution in [3.8, 4) is 0 Å². The first-order valence-electron chi connectivity index (χ1n) is 6.08. The predicted octanol–water partition coefficient (Wildman–Crippen LogP) is 3.18. The zero-order valence-corrected chi connectivity index (χ0v) is 10.5. The van der Waals surface area contributed by atoms with Gasteiger partial charge in [0.2, 0.25) is 0 Å². The summed E-state index contributed by atoms with van der Waals surface area (Å²) < 4.78 is 4.87. The van der Waals surface area contributed by atoms with Gasteiger partial charge in [-0.15, -0.1) is 0 Å². The molecule has 0 N–H and O–H groups in total. The molecule has 2 nitrogen and oxygen atoms in total. The minimum Gasteiger partial charge on any atom is -0.435 e. The molecule has 17 heavy (non-hydrogen) atoms. The van der Waals surface area contributed by atoms with Gasteiger partial charge in [0.25, 0.3) is 0 Å². The second-order valence-electron chi connectivity index (χ2n) is 4.71. The maximum absolute atomic E-state index is 10.7. The van der Waals surface area contributed by atoms with E-state index in [1.165, 1.54) is 42.9 Å². The molecule has 0 saturated carbocycles. The molecule has 2 heteroatoms. The first-order valence-corrected chi connectivity index (χ1v) is 6.08. The molecule has 0 atom stereocenters. The van der Waals surface area contributed by atoms with E-state index in [0.29, 0.717) is 0 Å². The molecule has 1 aliphatic carbocycles. The van der Waals surface area contributed by atoms with Crippen molar-refractivity contribution in [1.29, 1.82) is 0 Å². The van der Waals surface area contributed by atoms with Crippen LogP contribution in [0, 0.1) is 0 Å². The van der Waals surface area contributed by atoms with E-state index < -0.39 is 0 Å². The zero-order chi connectivity index (χ0) is 12.3. The lowest BCUT2D eigenvalue weighted by atomic mass is 10.0. The van der Waals surface area contributed by atoms with Gasteiger partial charge in [0, 0.05) is 6.92 Å². The van der Waals surface area contributed by atoms with E-state index in [4.69, 9.17) is 4.74 Å². The summed E-state index contributed by atoms with van der Waals surface area (Å²) >= 11 is 0. The first kappa shape index (κ1) is 11.9. The number of hydrogen-bond donors (Lipinski definition) is 0. The SMILES string of the molecule is CC(=O)O/C=C(\C)Cc1ccc2c(c1)CCC2. The van der Waals surface area contributed by atoms with E-state index >= 15 is 0 Å². The molecule has 1 aliphatic rings. The Morgan fingerprint density at radius 2 is 2.06 bits per heavy atom. The lowest BCUT2D eigenvalue weighted by Gasteiger charge is -2.05. The van der Waals surface area contributed by atoms with Gasteiger partial charge in [-0.2, -0.15) is 0 Å². The van der Waals surface area contributed by atoms with Crippen molar-refractivity contribution in [1.82, 2.24) is 0 Å². The monoisotopic (exact) mass is 230 g/mol. The fourth-order valence-electron chi connectivity index (χ4n) is 2.28. The van der Waals surface area contributed by atoms with E-state index in [0.717, 1.165) is 12.0 Å². The predicted molar refractivity (Wildman–Crippen MR) is 67.7 cm³/mol. The lowest BCUT2D eigenvalue weighted by molar-refractivity contribution is -0.135. The summed E-state index contributed by atoms with van der Waals surface area (Å²) in [5, 5.41) is 0. The molecule has 1 aromatic carbocycles. The van der Waals surface area contributed by atoms with Crippen molar-refractivity contribution in [2.24, 2.45) is 0 Å². The number of carbonyl (C=O) groups excluding carboxylic acids is 1. The summed E-state index contributed by atoms with van der Waals surface area (Å²) in [5.74, 6) is -0.265. The van der Waals surface area contributed by atoms with Crippen LogP contribution in [-0.2, 0) is 28.8 Å². The molecule has 0 aromatic heterocycles. The van der Waals surface area contributed by atoms with Gasteiger partial charge in [0.15, 0.2) is 0 Å². The smallest absolute Gasteiger partial charge is 0.307 e. The number of fused-ring (bicyclic) bond motifs is 1. The van der Waals surface area contributed by atoms with Crippen LogP contribution in [0.2, 0.25) is 0 Å². The second kappa shape index (κ2) is 5.17. The molecule has 1 aromatic rings. The minimum absolute atomic E-state index is 0.265. The van der Waals surface area contributed by atoms with E-state index in [2.05, 4.69) is 18.2 Å². The number of carbonyl (C=O) groups is 1. The van der Waals surface area contributed by atoms with Crippen molar-refractivity contribution in [2.45, 2.75) is 39.5 Å². The van der Waals surface area contributed by atoms with E-state index in [-0.39, 0.29) is 5.97 Å². The highest BCUT2D eigenvalue weighted by atomic mass is 16.5. The zero-order valence-electron chi connectivity index (χ0n) is 10.5. The van der Waals surface area contributed by atoms with Crippen molar-refractivity contribution in [3.05, 3.63) is 46.7 Å². The molecular formula is C15H18O2. The standard InChI is InChI=1S/C15H18O2/c1-11(10-17-12(2)16)8-13-6-7-14-4-3-5-15(14)9-13/h6-7,9-10H,3-5,8H2,1-2H3/b11-10+. The number of rotatable bonds is 3. The van der Waals surface area contributed by atoms with Gasteiger partial charge < -0.3 is 4.74 Å². The Morgan fingerprint density at radius 1 is 1.29 bits per heavy atom. The highest BCUT2D eigenvalue weighted by Gasteiger charge is 2.10. The van der Waals surface area contributed by atoms with Crippen LogP contribution in [0.1, 0.15) is 37.0 Å². The van der Waals surface area contributed by atoms with Crippen molar-refractivity contribution in [3.63, 3.8) is 0 Å². The molecule has 0 heterocycles. The van der Waals surface area contributed by atoms with Crippen LogP contribution in [0.25, 0.3) is 0 Å². The van der Waals surface area contributed by atoms with Crippen LogP contribution in [0.3, 0.4) is 0 Å². The Bertz CT molecular complexity index is 458. The number of ether oxygens (including phenoxy) is 1. The fourth-order valence-corrected chi connectivity index (χ4v) is 2.28. The van der Waals surface area contributed by atoms with Crippen LogP contribution >= 0.6 is 0 Å².